The van der Waals surface area contributed by atoms with Gasteiger partial charge in [-0.25, -0.2) is 4.57 Å². The van der Waals surface area contributed by atoms with Crippen LogP contribution in [0.5, 0.6) is 0 Å². The monoisotopic (exact) mass is 804 g/mol. The zero-order chi connectivity index (χ0) is 41.2. The molecule has 0 aliphatic heterocycles. The molecule has 0 aliphatic rings. The maximum atomic E-state index is 12.6. The third kappa shape index (κ3) is 39.1. The number of phosphoric ester groups is 1. The molecule has 4 N–H and O–H groups in total. The van der Waals surface area contributed by atoms with E-state index in [9.17, 15) is 24.2 Å². The lowest BCUT2D eigenvalue weighted by Gasteiger charge is -2.19. The lowest BCUT2D eigenvalue weighted by Crippen LogP contribution is -2.29. The second kappa shape index (κ2) is 40.1. The van der Waals surface area contributed by atoms with Crippen LogP contribution in [0.2, 0.25) is 0 Å². The number of rotatable bonds is 37. The quantitative estimate of drug-likeness (QED) is 0.0182. The van der Waals surface area contributed by atoms with Gasteiger partial charge in [-0.15, -0.1) is 0 Å². The van der Waals surface area contributed by atoms with Gasteiger partial charge in [0.25, 0.3) is 0 Å². The van der Waals surface area contributed by atoms with E-state index in [1.165, 1.54) is 19.3 Å². The number of aliphatic hydroxyl groups excluding tert-OH is 1. The Hall–Kier alpha value is -3.11. The fraction of sp³-hybridized carbons (Fsp3) is 0.600. The van der Waals surface area contributed by atoms with Gasteiger partial charge in [-0.1, -0.05) is 143 Å². The van der Waals surface area contributed by atoms with E-state index in [1.54, 1.807) is 18.2 Å². The van der Waals surface area contributed by atoms with Crippen LogP contribution < -0.4 is 5.73 Å². The number of carbonyl (C=O) groups is 2. The predicted molar refractivity (Wildman–Crippen MR) is 230 cm³/mol. The van der Waals surface area contributed by atoms with Gasteiger partial charge in [0.2, 0.25) is 0 Å². The zero-order valence-electron chi connectivity index (χ0n) is 34.4. The fourth-order valence-corrected chi connectivity index (χ4v) is 5.71. The van der Waals surface area contributed by atoms with Crippen molar-refractivity contribution in [1.29, 1.82) is 0 Å². The standard InChI is InChI=1S/C45H74NO9P/c1-3-5-7-9-11-13-15-17-18-20-22-24-26-28-32-37-45(49)55-43(41-54-56(50,51)53-39-38-46)40-52-44(48)36-33-29-31-35-42(47)34-30-27-25-23-21-19-16-14-12-10-8-6-4-2/h6,8,11-14,17-19,21,25,27,29-31,34,42-43,47H,3-5,7,9-10,15-16,20,22-24,26,28,32-33,35-41,46H2,1-2H3,(H,50,51)/b8-6-,13-11-,14-12-,18-17-,21-19-,27-25-,31-29-,34-30-/t42?,43-/m1/s1. The van der Waals surface area contributed by atoms with Crippen LogP contribution >= 0.6 is 7.82 Å². The van der Waals surface area contributed by atoms with Crippen LogP contribution in [0.4, 0.5) is 0 Å². The van der Waals surface area contributed by atoms with Crippen LogP contribution in [-0.4, -0.2) is 60.5 Å². The molecule has 0 aromatic carbocycles. The first-order valence-corrected chi connectivity index (χ1v) is 22.3. The summed E-state index contributed by atoms with van der Waals surface area (Å²) in [5.74, 6) is -1.04. The zero-order valence-corrected chi connectivity index (χ0v) is 35.3. The molecular weight excluding hydrogens is 729 g/mol. The maximum Gasteiger partial charge on any atom is 0.472 e. The summed E-state index contributed by atoms with van der Waals surface area (Å²) in [6, 6.07) is 0. The molecule has 0 amide bonds. The molecule has 3 atom stereocenters. The maximum absolute atomic E-state index is 12.6. The van der Waals surface area contributed by atoms with E-state index < -0.39 is 38.6 Å². The number of phosphoric acid groups is 1. The van der Waals surface area contributed by atoms with Crippen LogP contribution in [0.1, 0.15) is 136 Å². The third-order valence-corrected chi connectivity index (χ3v) is 9.03. The van der Waals surface area contributed by atoms with Crippen molar-refractivity contribution >= 4 is 19.8 Å². The van der Waals surface area contributed by atoms with Gasteiger partial charge in [-0.05, 0) is 77.0 Å². The van der Waals surface area contributed by atoms with Crippen molar-refractivity contribution < 1.29 is 42.7 Å². The molecule has 10 nitrogen and oxygen atoms in total. The van der Waals surface area contributed by atoms with Gasteiger partial charge >= 0.3 is 19.8 Å². The van der Waals surface area contributed by atoms with E-state index in [4.69, 9.17) is 24.3 Å². The normalized spacial score (nSPS) is 14.9. The number of unbranched alkanes of at least 4 members (excludes halogenated alkanes) is 8. The van der Waals surface area contributed by atoms with Gasteiger partial charge in [0.05, 0.1) is 19.3 Å². The molecule has 0 aromatic heterocycles. The molecule has 56 heavy (non-hydrogen) atoms. The molecule has 0 saturated carbocycles. The molecule has 0 aliphatic carbocycles. The summed E-state index contributed by atoms with van der Waals surface area (Å²) in [4.78, 5) is 34.8. The average Bonchev–Trinajstić information content (AvgIpc) is 3.18. The first-order chi connectivity index (χ1) is 27.2. The highest BCUT2D eigenvalue weighted by atomic mass is 31.2. The molecule has 0 rings (SSSR count). The number of ether oxygens (including phenoxy) is 2. The van der Waals surface area contributed by atoms with Crippen molar-refractivity contribution in [2.24, 2.45) is 5.73 Å². The van der Waals surface area contributed by atoms with E-state index in [2.05, 4.69) is 74.6 Å². The second-order valence-corrected chi connectivity index (χ2v) is 14.8. The van der Waals surface area contributed by atoms with E-state index >= 15 is 0 Å². The number of hydrogen-bond acceptors (Lipinski definition) is 9. The Bertz CT molecular complexity index is 1250. The van der Waals surface area contributed by atoms with E-state index in [1.807, 2.05) is 18.2 Å². The Labute approximate surface area is 339 Å². The fourth-order valence-electron chi connectivity index (χ4n) is 4.95. The van der Waals surface area contributed by atoms with Crippen LogP contribution in [0, 0.1) is 0 Å². The van der Waals surface area contributed by atoms with Crippen molar-refractivity contribution in [3.05, 3.63) is 97.2 Å². The molecule has 2 unspecified atom stereocenters. The SMILES string of the molecule is CC/C=C\C/C=C\C/C=C\C/C=C\C=C/C(O)C/C=C\CCC(=O)OC[C@H](COP(=O)(O)OCCN)OC(=O)CCCCCCC/C=C\C/C=C\CCCCC. The minimum Gasteiger partial charge on any atom is -0.462 e. The lowest BCUT2D eigenvalue weighted by atomic mass is 10.1. The topological polar surface area (TPSA) is 155 Å². The molecule has 11 heteroatoms. The smallest absolute Gasteiger partial charge is 0.462 e. The van der Waals surface area contributed by atoms with Gasteiger partial charge < -0.3 is 25.2 Å². The molecular formula is C45H74NO9P. The largest absolute Gasteiger partial charge is 0.472 e. The number of aliphatic hydroxyl groups is 1. The van der Waals surface area contributed by atoms with Crippen molar-refractivity contribution in [3.8, 4) is 0 Å². The van der Waals surface area contributed by atoms with Crippen LogP contribution in [-0.2, 0) is 32.7 Å². The van der Waals surface area contributed by atoms with E-state index in [0.717, 1.165) is 70.6 Å². The van der Waals surface area contributed by atoms with E-state index in [-0.39, 0.29) is 32.6 Å². The number of nitrogens with two attached hydrogens (primary N) is 1. The summed E-state index contributed by atoms with van der Waals surface area (Å²) in [5.41, 5.74) is 5.33. The number of hydrogen-bond donors (Lipinski definition) is 3. The number of allylic oxidation sites excluding steroid dienone is 14. The molecule has 318 valence electrons. The molecule has 0 bridgehead atoms. The molecule has 0 radical (unpaired) electrons. The molecule has 0 saturated heterocycles. The summed E-state index contributed by atoms with van der Waals surface area (Å²) in [6.07, 6.45) is 47.5. The van der Waals surface area contributed by atoms with Crippen LogP contribution in [0.15, 0.2) is 97.2 Å². The summed E-state index contributed by atoms with van der Waals surface area (Å²) in [6.45, 7) is 3.34. The summed E-state index contributed by atoms with van der Waals surface area (Å²) in [5, 5.41) is 10.2. The first-order valence-electron chi connectivity index (χ1n) is 20.8. The third-order valence-electron chi connectivity index (χ3n) is 8.05. The first kappa shape index (κ1) is 52.9. The van der Waals surface area contributed by atoms with Gasteiger partial charge in [0, 0.05) is 19.4 Å². The Morgan fingerprint density at radius 3 is 1.89 bits per heavy atom. The summed E-state index contributed by atoms with van der Waals surface area (Å²) >= 11 is 0. The van der Waals surface area contributed by atoms with E-state index in [0.29, 0.717) is 19.3 Å². The van der Waals surface area contributed by atoms with Crippen LogP contribution in [0.25, 0.3) is 0 Å². The van der Waals surface area contributed by atoms with Crippen molar-refractivity contribution in [2.45, 2.75) is 148 Å². The summed E-state index contributed by atoms with van der Waals surface area (Å²) in [7, 11) is -4.43. The highest BCUT2D eigenvalue weighted by molar-refractivity contribution is 7.47. The Balaban J connectivity index is 4.44. The molecule has 0 aromatic rings. The predicted octanol–water partition coefficient (Wildman–Crippen LogP) is 10.8. The summed E-state index contributed by atoms with van der Waals surface area (Å²) < 4.78 is 32.6. The van der Waals surface area contributed by atoms with Crippen molar-refractivity contribution in [3.63, 3.8) is 0 Å². The van der Waals surface area contributed by atoms with Gasteiger partial charge in [-0.2, -0.15) is 0 Å². The number of esters is 2. The number of carbonyl (C=O) groups excluding carboxylic acids is 2. The van der Waals surface area contributed by atoms with Crippen LogP contribution in [0.3, 0.4) is 0 Å². The van der Waals surface area contributed by atoms with Gasteiger partial charge in [-0.3, -0.25) is 18.6 Å². The molecule has 0 fully saturated rings. The molecule has 0 spiro atoms. The molecule has 0 heterocycles. The van der Waals surface area contributed by atoms with Crippen molar-refractivity contribution in [2.75, 3.05) is 26.4 Å². The lowest BCUT2D eigenvalue weighted by molar-refractivity contribution is -0.161. The average molecular weight is 804 g/mol. The Kier molecular flexibility index (Phi) is 37.9. The highest BCUT2D eigenvalue weighted by Crippen LogP contribution is 2.43. The Morgan fingerprint density at radius 2 is 1.23 bits per heavy atom. The highest BCUT2D eigenvalue weighted by Gasteiger charge is 2.25. The van der Waals surface area contributed by atoms with Gasteiger partial charge in [0.1, 0.15) is 6.61 Å². The minimum atomic E-state index is -4.43. The second-order valence-electron chi connectivity index (χ2n) is 13.3. The Morgan fingerprint density at radius 1 is 0.643 bits per heavy atom. The van der Waals surface area contributed by atoms with Crippen molar-refractivity contribution in [1.82, 2.24) is 0 Å². The van der Waals surface area contributed by atoms with Gasteiger partial charge in [0.15, 0.2) is 6.10 Å². The minimum absolute atomic E-state index is 0.0215.